The first kappa shape index (κ1) is 10.7. The molecule has 2 rings (SSSR count). The Bertz CT molecular complexity index is 499. The molecule has 1 aromatic heterocycles. The van der Waals surface area contributed by atoms with Crippen LogP contribution in [0.2, 0.25) is 5.02 Å². The van der Waals surface area contributed by atoms with Gasteiger partial charge in [-0.3, -0.25) is 0 Å². The van der Waals surface area contributed by atoms with E-state index in [9.17, 15) is 0 Å². The van der Waals surface area contributed by atoms with Crippen molar-refractivity contribution in [3.05, 3.63) is 41.2 Å². The Kier molecular flexibility index (Phi) is 2.92. The van der Waals surface area contributed by atoms with Gasteiger partial charge in [-0.1, -0.05) is 17.7 Å². The second-order valence-electron chi connectivity index (χ2n) is 3.32. The molecule has 0 amide bonds. The molecule has 0 aliphatic rings. The number of nitrogen functional groups attached to an aromatic ring is 1. The maximum Gasteiger partial charge on any atom is 0.238 e. The average Bonchev–Trinajstić information content (AvgIpc) is 2.27. The van der Waals surface area contributed by atoms with Crippen molar-refractivity contribution < 1.29 is 4.74 Å². The van der Waals surface area contributed by atoms with Crippen molar-refractivity contribution in [2.75, 3.05) is 5.73 Å². The smallest absolute Gasteiger partial charge is 0.238 e. The molecule has 0 atom stereocenters. The van der Waals surface area contributed by atoms with E-state index in [0.29, 0.717) is 22.5 Å². The van der Waals surface area contributed by atoms with Gasteiger partial charge in [-0.2, -0.15) is 0 Å². The molecule has 0 bridgehead atoms. The molecule has 4 nitrogen and oxygen atoms in total. The molecule has 0 saturated heterocycles. The van der Waals surface area contributed by atoms with Gasteiger partial charge in [-0.15, -0.1) is 0 Å². The third-order valence-electron chi connectivity index (χ3n) is 1.95. The molecule has 82 valence electrons. The summed E-state index contributed by atoms with van der Waals surface area (Å²) in [5.41, 5.74) is 6.48. The molecule has 0 aliphatic carbocycles. The van der Waals surface area contributed by atoms with Crippen molar-refractivity contribution in [2.45, 2.75) is 6.92 Å². The zero-order valence-corrected chi connectivity index (χ0v) is 9.40. The average molecular weight is 236 g/mol. The van der Waals surface area contributed by atoms with E-state index in [1.54, 1.807) is 6.07 Å². The zero-order valence-electron chi connectivity index (χ0n) is 8.64. The molecule has 0 unspecified atom stereocenters. The van der Waals surface area contributed by atoms with Crippen molar-refractivity contribution in [2.24, 2.45) is 0 Å². The topological polar surface area (TPSA) is 61.0 Å². The number of rotatable bonds is 2. The number of halogens is 1. The van der Waals surface area contributed by atoms with E-state index in [1.807, 2.05) is 19.1 Å². The fraction of sp³-hybridized carbons (Fsp3) is 0.0909. The molecule has 0 fully saturated rings. The number of hydrogen-bond donors (Lipinski definition) is 1. The highest BCUT2D eigenvalue weighted by atomic mass is 35.5. The fourth-order valence-electron chi connectivity index (χ4n) is 1.18. The minimum atomic E-state index is 0.350. The van der Waals surface area contributed by atoms with Crippen LogP contribution >= 0.6 is 11.6 Å². The molecule has 0 saturated carbocycles. The monoisotopic (exact) mass is 235 g/mol. The number of nitrogens with zero attached hydrogens (tertiary/aromatic N) is 2. The number of nitrogens with two attached hydrogens (primary N) is 1. The molecule has 16 heavy (non-hydrogen) atoms. The van der Waals surface area contributed by atoms with Crippen LogP contribution in [-0.4, -0.2) is 9.97 Å². The predicted molar refractivity (Wildman–Crippen MR) is 62.7 cm³/mol. The van der Waals surface area contributed by atoms with Gasteiger partial charge >= 0.3 is 0 Å². The van der Waals surface area contributed by atoms with E-state index in [4.69, 9.17) is 22.1 Å². The van der Waals surface area contributed by atoms with Gasteiger partial charge in [0.1, 0.15) is 11.6 Å². The first-order valence-corrected chi connectivity index (χ1v) is 5.04. The number of ether oxygens (including phenoxy) is 1. The summed E-state index contributed by atoms with van der Waals surface area (Å²) in [4.78, 5) is 7.85. The van der Waals surface area contributed by atoms with E-state index < -0.39 is 0 Å². The van der Waals surface area contributed by atoms with Gasteiger partial charge in [0, 0.05) is 0 Å². The summed E-state index contributed by atoms with van der Waals surface area (Å²) in [7, 11) is 0. The van der Waals surface area contributed by atoms with Crippen LogP contribution in [0.1, 0.15) is 5.56 Å². The second kappa shape index (κ2) is 4.37. The van der Waals surface area contributed by atoms with Crippen LogP contribution < -0.4 is 10.5 Å². The van der Waals surface area contributed by atoms with Gasteiger partial charge in [0.2, 0.25) is 5.88 Å². The SMILES string of the molecule is Cc1ccc(Cl)c(Oc2cnc(N)cn2)c1. The number of benzene rings is 1. The normalized spacial score (nSPS) is 10.1. The Hall–Kier alpha value is -1.81. The first-order chi connectivity index (χ1) is 7.65. The molecule has 0 aliphatic heterocycles. The lowest BCUT2D eigenvalue weighted by Crippen LogP contribution is -1.94. The van der Waals surface area contributed by atoms with Crippen LogP contribution in [-0.2, 0) is 0 Å². The predicted octanol–water partition coefficient (Wildman–Crippen LogP) is 2.81. The summed E-state index contributed by atoms with van der Waals surface area (Å²) in [6, 6.07) is 5.52. The lowest BCUT2D eigenvalue weighted by atomic mass is 10.2. The lowest BCUT2D eigenvalue weighted by Gasteiger charge is -2.06. The summed E-state index contributed by atoms with van der Waals surface area (Å²) >= 11 is 5.98. The minimum Gasteiger partial charge on any atom is -0.436 e. The molecule has 2 N–H and O–H groups in total. The van der Waals surface area contributed by atoms with E-state index in [-0.39, 0.29) is 0 Å². The highest BCUT2D eigenvalue weighted by Gasteiger charge is 2.04. The third kappa shape index (κ3) is 2.41. The van der Waals surface area contributed by atoms with Crippen LogP contribution in [0, 0.1) is 6.92 Å². The van der Waals surface area contributed by atoms with Crippen LogP contribution in [0.15, 0.2) is 30.6 Å². The summed E-state index contributed by atoms with van der Waals surface area (Å²) in [5, 5.41) is 0.532. The number of aryl methyl sites for hydroxylation is 1. The molecule has 1 heterocycles. The summed E-state index contributed by atoms with van der Waals surface area (Å²) in [5.74, 6) is 1.27. The van der Waals surface area contributed by atoms with Crippen molar-refractivity contribution in [3.63, 3.8) is 0 Å². The van der Waals surface area contributed by atoms with Gasteiger partial charge in [0.05, 0.1) is 17.4 Å². The second-order valence-corrected chi connectivity index (χ2v) is 3.72. The maximum atomic E-state index is 5.98. The van der Waals surface area contributed by atoms with Crippen molar-refractivity contribution >= 4 is 17.4 Å². The van der Waals surface area contributed by atoms with Crippen LogP contribution in [0.25, 0.3) is 0 Å². The highest BCUT2D eigenvalue weighted by molar-refractivity contribution is 6.32. The minimum absolute atomic E-state index is 0.350. The zero-order chi connectivity index (χ0) is 11.5. The summed E-state index contributed by atoms with van der Waals surface area (Å²) in [6.45, 7) is 1.96. The van der Waals surface area contributed by atoms with Gasteiger partial charge in [0.25, 0.3) is 0 Å². The first-order valence-electron chi connectivity index (χ1n) is 4.66. The van der Waals surface area contributed by atoms with Crippen LogP contribution in [0.4, 0.5) is 5.82 Å². The summed E-state index contributed by atoms with van der Waals surface area (Å²) in [6.07, 6.45) is 2.88. The van der Waals surface area contributed by atoms with Crippen LogP contribution in [0.5, 0.6) is 11.6 Å². The van der Waals surface area contributed by atoms with Crippen LogP contribution in [0.3, 0.4) is 0 Å². The Morgan fingerprint density at radius 2 is 2.06 bits per heavy atom. The Morgan fingerprint density at radius 3 is 2.75 bits per heavy atom. The van der Waals surface area contributed by atoms with Crippen molar-refractivity contribution in [1.29, 1.82) is 0 Å². The number of anilines is 1. The number of hydrogen-bond acceptors (Lipinski definition) is 4. The molecule has 2 aromatic rings. The Labute approximate surface area is 98.0 Å². The van der Waals surface area contributed by atoms with E-state index >= 15 is 0 Å². The van der Waals surface area contributed by atoms with Gasteiger partial charge in [-0.05, 0) is 24.6 Å². The highest BCUT2D eigenvalue weighted by Crippen LogP contribution is 2.28. The molecular weight excluding hydrogens is 226 g/mol. The third-order valence-corrected chi connectivity index (χ3v) is 2.26. The fourth-order valence-corrected chi connectivity index (χ4v) is 1.34. The number of aromatic nitrogens is 2. The standard InChI is InChI=1S/C11H10ClN3O/c1-7-2-3-8(12)9(4-7)16-11-6-14-10(13)5-15-11/h2-6H,1H3,(H2,13,14). The molecular formula is C11H10ClN3O. The molecule has 5 heteroatoms. The van der Waals surface area contributed by atoms with Crippen molar-refractivity contribution in [1.82, 2.24) is 9.97 Å². The Morgan fingerprint density at radius 1 is 1.25 bits per heavy atom. The van der Waals surface area contributed by atoms with Gasteiger partial charge in [-0.25, -0.2) is 9.97 Å². The lowest BCUT2D eigenvalue weighted by molar-refractivity contribution is 0.460. The van der Waals surface area contributed by atoms with E-state index in [2.05, 4.69) is 9.97 Å². The van der Waals surface area contributed by atoms with Gasteiger partial charge < -0.3 is 10.5 Å². The van der Waals surface area contributed by atoms with Gasteiger partial charge in [0.15, 0.2) is 0 Å². The summed E-state index contributed by atoms with van der Waals surface area (Å²) < 4.78 is 5.48. The Balaban J connectivity index is 2.26. The van der Waals surface area contributed by atoms with E-state index in [1.165, 1.54) is 12.4 Å². The molecule has 0 spiro atoms. The quantitative estimate of drug-likeness (QED) is 0.870. The largest absolute Gasteiger partial charge is 0.436 e. The molecule has 1 aromatic carbocycles. The maximum absolute atomic E-state index is 5.98. The van der Waals surface area contributed by atoms with E-state index in [0.717, 1.165) is 5.56 Å². The van der Waals surface area contributed by atoms with Crippen molar-refractivity contribution in [3.8, 4) is 11.6 Å². The molecule has 0 radical (unpaired) electrons.